The summed E-state index contributed by atoms with van der Waals surface area (Å²) >= 11 is 0. The highest BCUT2D eigenvalue weighted by molar-refractivity contribution is 5.78. The average Bonchev–Trinajstić information content (AvgIpc) is 2.53. The maximum atomic E-state index is 5.49. The van der Waals surface area contributed by atoms with Crippen LogP contribution >= 0.6 is 0 Å². The lowest BCUT2D eigenvalue weighted by atomic mass is 9.98. The molecule has 0 bridgehead atoms. The van der Waals surface area contributed by atoms with E-state index in [1.54, 1.807) is 0 Å². The Balaban J connectivity index is 1.97. The van der Waals surface area contributed by atoms with Gasteiger partial charge in [-0.1, -0.05) is 31.2 Å². The first-order chi connectivity index (χ1) is 9.88. The standard InChI is InChI=1S/C17H20N2O/c1-2-18-17(14-7-5-11-20-12-14)16-10-9-13-6-3-4-8-15(13)19-16/h3-4,6,8-10,12,17-18H,2,5,7,11H2,1H3. The van der Waals surface area contributed by atoms with Gasteiger partial charge in [0.15, 0.2) is 0 Å². The zero-order chi connectivity index (χ0) is 13.8. The van der Waals surface area contributed by atoms with Crippen LogP contribution in [0.25, 0.3) is 10.9 Å². The first-order valence-electron chi connectivity index (χ1n) is 7.28. The molecule has 0 amide bonds. The van der Waals surface area contributed by atoms with Crippen molar-refractivity contribution in [3.05, 3.63) is 53.9 Å². The number of fused-ring (bicyclic) bond motifs is 1. The molecule has 1 atom stereocenters. The monoisotopic (exact) mass is 268 g/mol. The molecule has 0 aliphatic carbocycles. The number of pyridine rings is 1. The second kappa shape index (κ2) is 6.06. The van der Waals surface area contributed by atoms with E-state index in [9.17, 15) is 0 Å². The van der Waals surface area contributed by atoms with E-state index < -0.39 is 0 Å². The molecule has 1 N–H and O–H groups in total. The molecule has 0 radical (unpaired) electrons. The summed E-state index contributed by atoms with van der Waals surface area (Å²) in [5.41, 5.74) is 3.41. The molecule has 1 aromatic carbocycles. The number of rotatable bonds is 4. The Morgan fingerprint density at radius 1 is 1.25 bits per heavy atom. The van der Waals surface area contributed by atoms with Gasteiger partial charge < -0.3 is 10.1 Å². The van der Waals surface area contributed by atoms with E-state index in [1.807, 2.05) is 18.4 Å². The van der Waals surface area contributed by atoms with Crippen LogP contribution in [0.2, 0.25) is 0 Å². The van der Waals surface area contributed by atoms with Gasteiger partial charge in [0.25, 0.3) is 0 Å². The molecule has 2 heterocycles. The Kier molecular flexibility index (Phi) is 3.97. The second-order valence-electron chi connectivity index (χ2n) is 5.09. The predicted molar refractivity (Wildman–Crippen MR) is 81.4 cm³/mol. The molecule has 3 nitrogen and oxygen atoms in total. The number of aromatic nitrogens is 1. The Labute approximate surface area is 119 Å². The third-order valence-corrected chi connectivity index (χ3v) is 3.66. The number of ether oxygens (including phenoxy) is 1. The number of para-hydroxylation sites is 1. The highest BCUT2D eigenvalue weighted by Crippen LogP contribution is 2.27. The van der Waals surface area contributed by atoms with Crippen LogP contribution in [0, 0.1) is 0 Å². The van der Waals surface area contributed by atoms with Crippen molar-refractivity contribution >= 4 is 10.9 Å². The summed E-state index contributed by atoms with van der Waals surface area (Å²) in [6.45, 7) is 3.86. The second-order valence-corrected chi connectivity index (χ2v) is 5.09. The molecule has 1 aliphatic heterocycles. The molecule has 0 fully saturated rings. The first kappa shape index (κ1) is 13.1. The average molecular weight is 268 g/mol. The Morgan fingerprint density at radius 3 is 2.95 bits per heavy atom. The van der Waals surface area contributed by atoms with Crippen molar-refractivity contribution in [3.8, 4) is 0 Å². The largest absolute Gasteiger partial charge is 0.501 e. The number of hydrogen-bond donors (Lipinski definition) is 1. The molecule has 1 unspecified atom stereocenters. The number of nitrogens with zero attached hydrogens (tertiary/aromatic N) is 1. The summed E-state index contributed by atoms with van der Waals surface area (Å²) in [4.78, 5) is 4.81. The van der Waals surface area contributed by atoms with Gasteiger partial charge in [0.05, 0.1) is 30.1 Å². The molecule has 1 aromatic heterocycles. The van der Waals surface area contributed by atoms with Crippen molar-refractivity contribution in [2.75, 3.05) is 13.2 Å². The van der Waals surface area contributed by atoms with Crippen LogP contribution in [0.15, 0.2) is 48.2 Å². The maximum absolute atomic E-state index is 5.49. The van der Waals surface area contributed by atoms with Crippen molar-refractivity contribution in [2.24, 2.45) is 0 Å². The first-order valence-corrected chi connectivity index (χ1v) is 7.28. The number of benzene rings is 1. The highest BCUT2D eigenvalue weighted by atomic mass is 16.5. The molecule has 3 heteroatoms. The fraction of sp³-hybridized carbons (Fsp3) is 0.353. The quantitative estimate of drug-likeness (QED) is 0.920. The molecule has 104 valence electrons. The lowest BCUT2D eigenvalue weighted by molar-refractivity contribution is 0.219. The highest BCUT2D eigenvalue weighted by Gasteiger charge is 2.19. The summed E-state index contributed by atoms with van der Waals surface area (Å²) in [5, 5.41) is 4.70. The summed E-state index contributed by atoms with van der Waals surface area (Å²) in [6, 6.07) is 12.7. The fourth-order valence-electron chi connectivity index (χ4n) is 2.67. The van der Waals surface area contributed by atoms with Gasteiger partial charge in [-0.3, -0.25) is 4.98 Å². The van der Waals surface area contributed by atoms with E-state index in [0.717, 1.165) is 37.2 Å². The normalized spacial score (nSPS) is 16.6. The molecular formula is C17H20N2O. The summed E-state index contributed by atoms with van der Waals surface area (Å²) in [7, 11) is 0. The summed E-state index contributed by atoms with van der Waals surface area (Å²) in [5.74, 6) is 0. The van der Waals surface area contributed by atoms with Crippen molar-refractivity contribution in [1.82, 2.24) is 10.3 Å². The predicted octanol–water partition coefficient (Wildman–Crippen LogP) is 3.58. The number of hydrogen-bond acceptors (Lipinski definition) is 3. The van der Waals surface area contributed by atoms with Crippen LogP contribution in [0.5, 0.6) is 0 Å². The zero-order valence-electron chi connectivity index (χ0n) is 11.8. The summed E-state index contributed by atoms with van der Waals surface area (Å²) in [6.07, 6.45) is 4.07. The van der Waals surface area contributed by atoms with Gasteiger partial charge in [0, 0.05) is 5.39 Å². The Morgan fingerprint density at radius 2 is 2.15 bits per heavy atom. The lowest BCUT2D eigenvalue weighted by Gasteiger charge is -2.23. The van der Waals surface area contributed by atoms with Crippen molar-refractivity contribution in [1.29, 1.82) is 0 Å². The van der Waals surface area contributed by atoms with Crippen LogP contribution in [0.4, 0.5) is 0 Å². The molecule has 0 saturated carbocycles. The smallest absolute Gasteiger partial charge is 0.0876 e. The number of nitrogens with one attached hydrogen (secondary N) is 1. The van der Waals surface area contributed by atoms with Crippen LogP contribution in [-0.4, -0.2) is 18.1 Å². The van der Waals surface area contributed by atoms with Gasteiger partial charge in [-0.05, 0) is 37.1 Å². The SMILES string of the molecule is CCNC(C1=COCCC1)c1ccc2ccccc2n1. The van der Waals surface area contributed by atoms with E-state index in [1.165, 1.54) is 11.0 Å². The van der Waals surface area contributed by atoms with Crippen LogP contribution in [-0.2, 0) is 4.74 Å². The molecule has 0 spiro atoms. The van der Waals surface area contributed by atoms with Gasteiger partial charge >= 0.3 is 0 Å². The minimum atomic E-state index is 0.157. The lowest BCUT2D eigenvalue weighted by Crippen LogP contribution is -2.25. The third-order valence-electron chi connectivity index (χ3n) is 3.66. The van der Waals surface area contributed by atoms with E-state index in [-0.39, 0.29) is 6.04 Å². The van der Waals surface area contributed by atoms with Gasteiger partial charge in [-0.25, -0.2) is 0 Å². The van der Waals surface area contributed by atoms with Gasteiger partial charge in [-0.15, -0.1) is 0 Å². The molecule has 2 aromatic rings. The summed E-state index contributed by atoms with van der Waals surface area (Å²) < 4.78 is 5.49. The minimum absolute atomic E-state index is 0.157. The van der Waals surface area contributed by atoms with Crippen molar-refractivity contribution in [3.63, 3.8) is 0 Å². The molecule has 0 saturated heterocycles. The third kappa shape index (κ3) is 2.68. The molecule has 1 aliphatic rings. The maximum Gasteiger partial charge on any atom is 0.0876 e. The van der Waals surface area contributed by atoms with E-state index in [4.69, 9.17) is 9.72 Å². The van der Waals surface area contributed by atoms with E-state index in [0.29, 0.717) is 0 Å². The molecule has 20 heavy (non-hydrogen) atoms. The van der Waals surface area contributed by atoms with E-state index in [2.05, 4.69) is 36.5 Å². The van der Waals surface area contributed by atoms with Gasteiger partial charge in [-0.2, -0.15) is 0 Å². The number of likely N-dealkylation sites (N-methyl/N-ethyl adjacent to an activating group) is 1. The van der Waals surface area contributed by atoms with Gasteiger partial charge in [0.1, 0.15) is 0 Å². The molecule has 3 rings (SSSR count). The Bertz CT molecular complexity index is 621. The molecular weight excluding hydrogens is 248 g/mol. The zero-order valence-corrected chi connectivity index (χ0v) is 11.8. The van der Waals surface area contributed by atoms with Crippen molar-refractivity contribution in [2.45, 2.75) is 25.8 Å². The van der Waals surface area contributed by atoms with Crippen molar-refractivity contribution < 1.29 is 4.74 Å². The van der Waals surface area contributed by atoms with E-state index >= 15 is 0 Å². The van der Waals surface area contributed by atoms with Crippen LogP contribution in [0.1, 0.15) is 31.5 Å². The van der Waals surface area contributed by atoms with Crippen LogP contribution in [0.3, 0.4) is 0 Å². The topological polar surface area (TPSA) is 34.1 Å². The van der Waals surface area contributed by atoms with Gasteiger partial charge in [0.2, 0.25) is 0 Å². The fourth-order valence-corrected chi connectivity index (χ4v) is 2.67. The van der Waals surface area contributed by atoms with Crippen LogP contribution < -0.4 is 5.32 Å². The Hall–Kier alpha value is -1.87. The minimum Gasteiger partial charge on any atom is -0.501 e.